The van der Waals surface area contributed by atoms with Crippen molar-refractivity contribution in [2.75, 3.05) is 18.0 Å². The van der Waals surface area contributed by atoms with E-state index < -0.39 is 0 Å². The van der Waals surface area contributed by atoms with Crippen LogP contribution in [0.4, 0.5) is 5.82 Å². The number of carbonyl (C=O) groups excluding carboxylic acids is 1. The normalized spacial score (nSPS) is 14.9. The summed E-state index contributed by atoms with van der Waals surface area (Å²) in [5, 5.41) is 13.5. The average molecular weight is 420 g/mol. The molecule has 0 atom stereocenters. The number of aromatic nitrogens is 3. The maximum absolute atomic E-state index is 12.9. The van der Waals surface area contributed by atoms with E-state index in [-0.39, 0.29) is 17.5 Å². The number of H-pyrrole nitrogens is 2. The molecule has 5 rings (SSSR count). The lowest BCUT2D eigenvalue weighted by Crippen LogP contribution is -2.45. The second-order valence-corrected chi connectivity index (χ2v) is 8.39. The van der Waals surface area contributed by atoms with E-state index >= 15 is 0 Å². The number of anilines is 1. The predicted molar refractivity (Wildman–Crippen MR) is 119 cm³/mol. The van der Waals surface area contributed by atoms with Gasteiger partial charge in [-0.1, -0.05) is 24.3 Å². The van der Waals surface area contributed by atoms with Crippen molar-refractivity contribution in [3.05, 3.63) is 69.8 Å². The molecule has 1 aliphatic rings. The smallest absolute Gasteiger partial charge is 0.252 e. The maximum Gasteiger partial charge on any atom is 0.252 e. The van der Waals surface area contributed by atoms with E-state index in [0.29, 0.717) is 11.1 Å². The van der Waals surface area contributed by atoms with Crippen LogP contribution in [-0.2, 0) is 0 Å². The van der Waals surface area contributed by atoms with Gasteiger partial charge in [-0.3, -0.25) is 14.7 Å². The molecule has 1 aromatic carbocycles. The Labute approximate surface area is 176 Å². The summed E-state index contributed by atoms with van der Waals surface area (Å²) in [6.45, 7) is 1.63. The quantitative estimate of drug-likeness (QED) is 0.473. The van der Waals surface area contributed by atoms with Gasteiger partial charge in [0, 0.05) is 42.2 Å². The molecule has 1 fully saturated rings. The molecule has 0 unspecified atom stereocenters. The van der Waals surface area contributed by atoms with Gasteiger partial charge >= 0.3 is 0 Å². The van der Waals surface area contributed by atoms with Crippen LogP contribution in [0.5, 0.6) is 0 Å². The lowest BCUT2D eigenvalue weighted by atomic mass is 10.0. The predicted octanol–water partition coefficient (Wildman–Crippen LogP) is 3.38. The van der Waals surface area contributed by atoms with Gasteiger partial charge in [0.2, 0.25) is 5.56 Å². The van der Waals surface area contributed by atoms with Crippen LogP contribution in [0.15, 0.2) is 58.7 Å². The van der Waals surface area contributed by atoms with Crippen LogP contribution < -0.4 is 15.8 Å². The van der Waals surface area contributed by atoms with Crippen LogP contribution in [0.25, 0.3) is 21.5 Å². The zero-order valence-electron chi connectivity index (χ0n) is 16.2. The number of thiophene rings is 1. The SMILES string of the molecule is O=C(NC1CCN(c2cc(-c3cccs3)[nH]n2)CC1)c1cc(=O)[nH]c2ccccc12. The van der Waals surface area contributed by atoms with Crippen molar-refractivity contribution in [1.82, 2.24) is 20.5 Å². The van der Waals surface area contributed by atoms with Gasteiger partial charge in [-0.2, -0.15) is 5.10 Å². The largest absolute Gasteiger partial charge is 0.355 e. The summed E-state index contributed by atoms with van der Waals surface area (Å²) in [5.74, 6) is 0.735. The Kier molecular flexibility index (Phi) is 4.84. The summed E-state index contributed by atoms with van der Waals surface area (Å²) in [6, 6.07) is 15.0. The highest BCUT2D eigenvalue weighted by Crippen LogP contribution is 2.27. The van der Waals surface area contributed by atoms with E-state index in [1.54, 1.807) is 17.4 Å². The number of fused-ring (bicyclic) bond motifs is 1. The molecule has 1 aliphatic heterocycles. The molecule has 0 aliphatic carbocycles. The second-order valence-electron chi connectivity index (χ2n) is 7.44. The van der Waals surface area contributed by atoms with Gasteiger partial charge in [0.15, 0.2) is 5.82 Å². The Hall–Kier alpha value is -3.39. The van der Waals surface area contributed by atoms with E-state index in [1.165, 1.54) is 10.9 Å². The summed E-state index contributed by atoms with van der Waals surface area (Å²) in [7, 11) is 0. The van der Waals surface area contributed by atoms with Crippen LogP contribution in [0.1, 0.15) is 23.2 Å². The number of piperidine rings is 1. The number of para-hydroxylation sites is 1. The van der Waals surface area contributed by atoms with Crippen LogP contribution in [0.3, 0.4) is 0 Å². The first-order chi connectivity index (χ1) is 14.7. The molecule has 0 saturated carbocycles. The fourth-order valence-corrected chi connectivity index (χ4v) is 4.63. The van der Waals surface area contributed by atoms with Crippen LogP contribution >= 0.6 is 11.3 Å². The van der Waals surface area contributed by atoms with E-state index in [2.05, 4.69) is 37.5 Å². The van der Waals surface area contributed by atoms with Crippen molar-refractivity contribution in [2.45, 2.75) is 18.9 Å². The minimum absolute atomic E-state index is 0.0718. The third-order valence-electron chi connectivity index (χ3n) is 5.50. The molecule has 30 heavy (non-hydrogen) atoms. The highest BCUT2D eigenvalue weighted by atomic mass is 32.1. The molecule has 0 spiro atoms. The molecule has 3 aromatic heterocycles. The van der Waals surface area contributed by atoms with Crippen molar-refractivity contribution in [3.63, 3.8) is 0 Å². The number of hydrogen-bond acceptors (Lipinski definition) is 5. The van der Waals surface area contributed by atoms with Gasteiger partial charge in [-0.05, 0) is 30.4 Å². The van der Waals surface area contributed by atoms with E-state index in [1.807, 2.05) is 29.6 Å². The van der Waals surface area contributed by atoms with Gasteiger partial charge in [0.1, 0.15) is 0 Å². The van der Waals surface area contributed by atoms with Gasteiger partial charge in [-0.25, -0.2) is 0 Å². The first-order valence-corrected chi connectivity index (χ1v) is 10.8. The third kappa shape index (κ3) is 3.61. The Morgan fingerprint density at radius 3 is 2.77 bits per heavy atom. The molecule has 0 bridgehead atoms. The summed E-state index contributed by atoms with van der Waals surface area (Å²) in [6.07, 6.45) is 1.65. The molecule has 1 amide bonds. The topological polar surface area (TPSA) is 93.9 Å². The van der Waals surface area contributed by atoms with Gasteiger partial charge < -0.3 is 15.2 Å². The fourth-order valence-electron chi connectivity index (χ4n) is 3.94. The Morgan fingerprint density at radius 1 is 1.13 bits per heavy atom. The standard InChI is InChI=1S/C22H21N5O2S/c28-21-12-16(15-4-1-2-5-17(15)24-21)22(29)23-14-7-9-27(10-8-14)20-13-18(25-26-20)19-6-3-11-30-19/h1-6,11-14H,7-10H2,(H,23,29)(H,24,28)(H,25,26). The fraction of sp³-hybridized carbons (Fsp3) is 0.227. The first kappa shape index (κ1) is 18.6. The Bertz CT molecular complexity index is 1240. The Morgan fingerprint density at radius 2 is 1.97 bits per heavy atom. The molecule has 4 heterocycles. The van der Waals surface area contributed by atoms with Crippen molar-refractivity contribution in [1.29, 1.82) is 0 Å². The van der Waals surface area contributed by atoms with Crippen LogP contribution in [0.2, 0.25) is 0 Å². The number of nitrogens with one attached hydrogen (secondary N) is 3. The average Bonchev–Trinajstić information content (AvgIpc) is 3.45. The number of aromatic amines is 2. The molecule has 3 N–H and O–H groups in total. The first-order valence-electron chi connectivity index (χ1n) is 9.94. The maximum atomic E-state index is 12.9. The number of carbonyl (C=O) groups is 1. The number of hydrogen-bond donors (Lipinski definition) is 3. The van der Waals surface area contributed by atoms with E-state index in [0.717, 1.165) is 42.8 Å². The lowest BCUT2D eigenvalue weighted by Gasteiger charge is -2.32. The molecule has 4 aromatic rings. The van der Waals surface area contributed by atoms with Gasteiger partial charge in [-0.15, -0.1) is 11.3 Å². The molecule has 0 radical (unpaired) electrons. The molecule has 1 saturated heterocycles. The minimum Gasteiger partial charge on any atom is -0.355 e. The highest BCUT2D eigenvalue weighted by molar-refractivity contribution is 7.13. The molecular weight excluding hydrogens is 398 g/mol. The molecule has 152 valence electrons. The summed E-state index contributed by atoms with van der Waals surface area (Å²) >= 11 is 1.68. The van der Waals surface area contributed by atoms with E-state index in [9.17, 15) is 9.59 Å². The summed E-state index contributed by atoms with van der Waals surface area (Å²) in [4.78, 5) is 31.0. The van der Waals surface area contributed by atoms with Crippen molar-refractivity contribution >= 4 is 34.0 Å². The zero-order chi connectivity index (χ0) is 20.5. The van der Waals surface area contributed by atoms with Crippen molar-refractivity contribution < 1.29 is 4.79 Å². The van der Waals surface area contributed by atoms with Crippen molar-refractivity contribution in [2.24, 2.45) is 0 Å². The lowest BCUT2D eigenvalue weighted by molar-refractivity contribution is 0.0932. The molecular formula is C22H21N5O2S. The van der Waals surface area contributed by atoms with Gasteiger partial charge in [0.05, 0.1) is 16.1 Å². The Balaban J connectivity index is 1.25. The number of benzene rings is 1. The number of pyridine rings is 1. The molecule has 7 nitrogen and oxygen atoms in total. The third-order valence-corrected chi connectivity index (χ3v) is 6.40. The summed E-state index contributed by atoms with van der Waals surface area (Å²) < 4.78 is 0. The van der Waals surface area contributed by atoms with Crippen LogP contribution in [0, 0.1) is 0 Å². The number of rotatable bonds is 4. The minimum atomic E-state index is -0.270. The van der Waals surface area contributed by atoms with Crippen LogP contribution in [-0.4, -0.2) is 40.2 Å². The number of amides is 1. The van der Waals surface area contributed by atoms with Crippen molar-refractivity contribution in [3.8, 4) is 10.6 Å². The monoisotopic (exact) mass is 419 g/mol. The van der Waals surface area contributed by atoms with Gasteiger partial charge in [0.25, 0.3) is 5.91 Å². The molecule has 8 heteroatoms. The summed E-state index contributed by atoms with van der Waals surface area (Å²) in [5.41, 5.74) is 1.85. The second kappa shape index (κ2) is 7.79. The number of nitrogens with zero attached hydrogens (tertiary/aromatic N) is 2. The highest BCUT2D eigenvalue weighted by Gasteiger charge is 2.23. The zero-order valence-corrected chi connectivity index (χ0v) is 17.0. The van der Waals surface area contributed by atoms with E-state index in [4.69, 9.17) is 0 Å².